The van der Waals surface area contributed by atoms with Crippen LogP contribution < -0.4 is 5.73 Å². The fourth-order valence-electron chi connectivity index (χ4n) is 1.56. The Morgan fingerprint density at radius 2 is 1.68 bits per heavy atom. The van der Waals surface area contributed by atoms with E-state index in [0.717, 1.165) is 5.39 Å². The van der Waals surface area contributed by atoms with E-state index in [1.54, 1.807) is 30.5 Å². The van der Waals surface area contributed by atoms with E-state index in [4.69, 9.17) is 17.3 Å². The number of halogens is 1. The predicted molar refractivity (Wildman–Crippen MR) is 79.3 cm³/mol. The molecule has 96 valence electrons. The van der Waals surface area contributed by atoms with Crippen molar-refractivity contribution >= 4 is 28.2 Å². The van der Waals surface area contributed by atoms with Crippen LogP contribution in [0.3, 0.4) is 0 Å². The molecule has 0 spiro atoms. The van der Waals surface area contributed by atoms with Crippen LogP contribution in [0, 0.1) is 0 Å². The first-order valence-corrected chi connectivity index (χ1v) is 6.09. The number of para-hydroxylation sites is 2. The molecule has 0 aliphatic rings. The molecule has 3 rings (SSSR count). The van der Waals surface area contributed by atoms with Gasteiger partial charge in [0, 0.05) is 11.6 Å². The van der Waals surface area contributed by atoms with Crippen molar-refractivity contribution in [2.24, 2.45) is 0 Å². The number of benzene rings is 2. The molecule has 0 fully saturated rings. The van der Waals surface area contributed by atoms with Crippen molar-refractivity contribution in [3.8, 4) is 5.75 Å². The molecule has 0 amide bonds. The van der Waals surface area contributed by atoms with Crippen LogP contribution in [0.5, 0.6) is 5.75 Å². The van der Waals surface area contributed by atoms with Gasteiger partial charge in [0.25, 0.3) is 0 Å². The minimum absolute atomic E-state index is 0.239. The number of aromatic nitrogens is 1. The molecular formula is C15H13ClN2O. The number of hydrogen-bond donors (Lipinski definition) is 2. The maximum Gasteiger partial charge on any atom is 0.141 e. The van der Waals surface area contributed by atoms with Crippen molar-refractivity contribution in [1.29, 1.82) is 0 Å². The van der Waals surface area contributed by atoms with Crippen LogP contribution in [0.4, 0.5) is 5.69 Å². The number of pyridine rings is 1. The molecule has 0 saturated heterocycles. The van der Waals surface area contributed by atoms with Crippen molar-refractivity contribution in [3.63, 3.8) is 0 Å². The van der Waals surface area contributed by atoms with E-state index in [0.29, 0.717) is 16.2 Å². The molecule has 1 aromatic heterocycles. The lowest BCUT2D eigenvalue weighted by Gasteiger charge is -1.96. The quantitative estimate of drug-likeness (QED) is 0.611. The van der Waals surface area contributed by atoms with Crippen LogP contribution >= 0.6 is 11.6 Å². The largest absolute Gasteiger partial charge is 0.506 e. The summed E-state index contributed by atoms with van der Waals surface area (Å²) < 4.78 is 0. The summed E-state index contributed by atoms with van der Waals surface area (Å²) >= 11 is 5.58. The van der Waals surface area contributed by atoms with Gasteiger partial charge in [-0.15, -0.1) is 0 Å². The zero-order chi connectivity index (χ0) is 13.7. The van der Waals surface area contributed by atoms with Crippen LogP contribution in [0.25, 0.3) is 10.9 Å². The van der Waals surface area contributed by atoms with Crippen molar-refractivity contribution in [2.75, 3.05) is 5.73 Å². The maximum absolute atomic E-state index is 9.31. The van der Waals surface area contributed by atoms with Gasteiger partial charge < -0.3 is 10.8 Å². The molecule has 0 unspecified atom stereocenters. The Morgan fingerprint density at radius 3 is 2.32 bits per heavy atom. The summed E-state index contributed by atoms with van der Waals surface area (Å²) in [6, 6.07) is 16.3. The van der Waals surface area contributed by atoms with Crippen molar-refractivity contribution in [3.05, 3.63) is 65.8 Å². The molecular weight excluding hydrogens is 260 g/mol. The van der Waals surface area contributed by atoms with E-state index in [9.17, 15) is 5.11 Å². The third kappa shape index (κ3) is 3.36. The standard InChI is InChI=1S/C9H7NO.C6H6ClN/c11-8-5-1-3-7-4-2-6-10-9(7)8;7-5-3-1-2-4-6(5)8/h1-6,11H;1-4H,8H2. The summed E-state index contributed by atoms with van der Waals surface area (Å²) in [5, 5.41) is 10.9. The van der Waals surface area contributed by atoms with Crippen LogP contribution in [-0.2, 0) is 0 Å². The molecule has 0 aliphatic heterocycles. The van der Waals surface area contributed by atoms with Gasteiger partial charge in [0.2, 0.25) is 0 Å². The second-order valence-electron chi connectivity index (χ2n) is 3.87. The molecule has 19 heavy (non-hydrogen) atoms. The van der Waals surface area contributed by atoms with Gasteiger partial charge in [-0.2, -0.15) is 0 Å². The molecule has 0 atom stereocenters. The summed E-state index contributed by atoms with van der Waals surface area (Å²) in [4.78, 5) is 4.03. The number of aromatic hydroxyl groups is 1. The molecule has 0 saturated carbocycles. The fourth-order valence-corrected chi connectivity index (χ4v) is 1.70. The number of rotatable bonds is 0. The molecule has 4 heteroatoms. The Bertz CT molecular complexity index is 659. The van der Waals surface area contributed by atoms with Gasteiger partial charge >= 0.3 is 0 Å². The topological polar surface area (TPSA) is 59.1 Å². The Morgan fingerprint density at radius 1 is 0.947 bits per heavy atom. The monoisotopic (exact) mass is 272 g/mol. The first kappa shape index (κ1) is 13.2. The Balaban J connectivity index is 0.000000148. The zero-order valence-corrected chi connectivity index (χ0v) is 10.9. The SMILES string of the molecule is Nc1ccccc1Cl.Oc1cccc2cccnc12. The number of anilines is 1. The van der Waals surface area contributed by atoms with E-state index in [-0.39, 0.29) is 5.75 Å². The van der Waals surface area contributed by atoms with Gasteiger partial charge in [-0.3, -0.25) is 4.98 Å². The second kappa shape index (κ2) is 6.07. The second-order valence-corrected chi connectivity index (χ2v) is 4.28. The summed E-state index contributed by atoms with van der Waals surface area (Å²) in [7, 11) is 0. The summed E-state index contributed by atoms with van der Waals surface area (Å²) in [6.45, 7) is 0. The van der Waals surface area contributed by atoms with E-state index < -0.39 is 0 Å². The van der Waals surface area contributed by atoms with Crippen LogP contribution in [0.15, 0.2) is 60.8 Å². The number of phenolic OH excluding ortho intramolecular Hbond substituents is 1. The predicted octanol–water partition coefficient (Wildman–Crippen LogP) is 3.86. The number of nitrogens with two attached hydrogens (primary N) is 1. The normalized spacial score (nSPS) is 9.74. The average Bonchev–Trinajstić information content (AvgIpc) is 2.44. The van der Waals surface area contributed by atoms with E-state index in [2.05, 4.69) is 4.98 Å². The molecule has 3 nitrogen and oxygen atoms in total. The molecule has 3 N–H and O–H groups in total. The lowest BCUT2D eigenvalue weighted by Crippen LogP contribution is -1.82. The molecule has 0 bridgehead atoms. The minimum Gasteiger partial charge on any atom is -0.506 e. The lowest BCUT2D eigenvalue weighted by molar-refractivity contribution is 0.480. The van der Waals surface area contributed by atoms with E-state index >= 15 is 0 Å². The first-order valence-electron chi connectivity index (χ1n) is 5.71. The van der Waals surface area contributed by atoms with Crippen molar-refractivity contribution < 1.29 is 5.11 Å². The van der Waals surface area contributed by atoms with Crippen LogP contribution in [0.2, 0.25) is 5.02 Å². The van der Waals surface area contributed by atoms with Crippen LogP contribution in [-0.4, -0.2) is 10.1 Å². The zero-order valence-electron chi connectivity index (χ0n) is 10.1. The van der Waals surface area contributed by atoms with Crippen LogP contribution in [0.1, 0.15) is 0 Å². The van der Waals surface area contributed by atoms with Gasteiger partial charge in [0.15, 0.2) is 0 Å². The Hall–Kier alpha value is -2.26. The first-order chi connectivity index (χ1) is 9.18. The highest BCUT2D eigenvalue weighted by Gasteiger charge is 1.96. The molecule has 0 aliphatic carbocycles. The van der Waals surface area contributed by atoms with Gasteiger partial charge in [-0.05, 0) is 24.3 Å². The van der Waals surface area contributed by atoms with Gasteiger partial charge in [0.05, 0.1) is 10.7 Å². The smallest absolute Gasteiger partial charge is 0.141 e. The molecule has 3 aromatic rings. The lowest BCUT2D eigenvalue weighted by atomic mass is 10.2. The van der Waals surface area contributed by atoms with Gasteiger partial charge in [0.1, 0.15) is 11.3 Å². The third-order valence-corrected chi connectivity index (χ3v) is 2.86. The van der Waals surface area contributed by atoms with Gasteiger partial charge in [-0.1, -0.05) is 41.9 Å². The molecule has 0 radical (unpaired) electrons. The summed E-state index contributed by atoms with van der Waals surface area (Å²) in [6.07, 6.45) is 1.67. The Labute approximate surface area is 116 Å². The summed E-state index contributed by atoms with van der Waals surface area (Å²) in [5.74, 6) is 0.239. The van der Waals surface area contributed by atoms with E-state index in [1.165, 1.54) is 0 Å². The number of nitrogens with zero attached hydrogens (tertiary/aromatic N) is 1. The van der Waals surface area contributed by atoms with E-state index in [1.807, 2.05) is 30.3 Å². The van der Waals surface area contributed by atoms with Crippen molar-refractivity contribution in [1.82, 2.24) is 4.98 Å². The van der Waals surface area contributed by atoms with Gasteiger partial charge in [-0.25, -0.2) is 0 Å². The fraction of sp³-hybridized carbons (Fsp3) is 0. The molecule has 1 heterocycles. The Kier molecular flexibility index (Phi) is 4.21. The summed E-state index contributed by atoms with van der Waals surface area (Å²) in [5.41, 5.74) is 6.68. The number of hydrogen-bond acceptors (Lipinski definition) is 3. The number of fused-ring (bicyclic) bond motifs is 1. The maximum atomic E-state index is 9.31. The minimum atomic E-state index is 0.239. The van der Waals surface area contributed by atoms with Crippen molar-refractivity contribution in [2.45, 2.75) is 0 Å². The highest BCUT2D eigenvalue weighted by Crippen LogP contribution is 2.20. The average molecular weight is 273 g/mol. The highest BCUT2D eigenvalue weighted by molar-refractivity contribution is 6.33. The highest BCUT2D eigenvalue weighted by atomic mass is 35.5. The third-order valence-electron chi connectivity index (χ3n) is 2.52. The number of phenols is 1. The number of nitrogen functional groups attached to an aromatic ring is 1. The molecule has 2 aromatic carbocycles.